The largest absolute Gasteiger partial charge is 0.385 e. The van der Waals surface area contributed by atoms with Crippen LogP contribution in [0.5, 0.6) is 0 Å². The summed E-state index contributed by atoms with van der Waals surface area (Å²) < 4.78 is 4.91. The molecular formula is C11H20N4O2S. The van der Waals surface area contributed by atoms with Crippen molar-refractivity contribution < 1.29 is 9.53 Å². The van der Waals surface area contributed by atoms with Crippen molar-refractivity contribution >= 4 is 28.2 Å². The van der Waals surface area contributed by atoms with Crippen LogP contribution in [0, 0.1) is 0 Å². The number of thiazole rings is 1. The molecule has 0 atom stereocenters. The second-order valence-corrected chi connectivity index (χ2v) is 5.13. The summed E-state index contributed by atoms with van der Waals surface area (Å²) in [7, 11) is 1.63. The van der Waals surface area contributed by atoms with Gasteiger partial charge >= 0.3 is 0 Å². The summed E-state index contributed by atoms with van der Waals surface area (Å²) in [5, 5.41) is 6.58. The van der Waals surface area contributed by atoms with E-state index < -0.39 is 0 Å². The third kappa shape index (κ3) is 4.50. The van der Waals surface area contributed by atoms with Crippen LogP contribution >= 0.6 is 11.3 Å². The highest BCUT2D eigenvalue weighted by atomic mass is 32.1. The van der Waals surface area contributed by atoms with Gasteiger partial charge in [-0.25, -0.2) is 4.98 Å². The van der Waals surface area contributed by atoms with Gasteiger partial charge in [0.1, 0.15) is 10.7 Å². The highest BCUT2D eigenvalue weighted by molar-refractivity contribution is 7.18. The zero-order valence-corrected chi connectivity index (χ0v) is 11.8. The lowest BCUT2D eigenvalue weighted by molar-refractivity contribution is 0.0953. The maximum Gasteiger partial charge on any atom is 0.265 e. The lowest BCUT2D eigenvalue weighted by Crippen LogP contribution is -2.25. The molecule has 1 aromatic rings. The molecule has 0 bridgehead atoms. The molecule has 0 aliphatic rings. The first kappa shape index (κ1) is 14.7. The van der Waals surface area contributed by atoms with E-state index in [0.717, 1.165) is 6.42 Å². The standard InChI is InChI=1S/C11H20N4O2S/c1-7(2)14-11-15-9(12)8(18-11)10(16)13-5-4-6-17-3/h7H,4-6,12H2,1-3H3,(H,13,16)(H,14,15). The second-order valence-electron chi connectivity index (χ2n) is 4.13. The number of carbonyl (C=O) groups excluding carboxylic acids is 1. The average molecular weight is 272 g/mol. The SMILES string of the molecule is COCCCNC(=O)c1sc(NC(C)C)nc1N. The fourth-order valence-electron chi connectivity index (χ4n) is 1.30. The Morgan fingerprint density at radius 1 is 1.56 bits per heavy atom. The molecule has 0 aliphatic heterocycles. The fraction of sp³-hybridized carbons (Fsp3) is 0.636. The Hall–Kier alpha value is -1.34. The second kappa shape index (κ2) is 7.17. The van der Waals surface area contributed by atoms with E-state index in [1.54, 1.807) is 7.11 Å². The first-order valence-corrected chi connectivity index (χ1v) is 6.66. The Balaban J connectivity index is 2.54. The van der Waals surface area contributed by atoms with Gasteiger partial charge < -0.3 is 21.1 Å². The van der Waals surface area contributed by atoms with Gasteiger partial charge in [-0.2, -0.15) is 0 Å². The fourth-order valence-corrected chi connectivity index (χ4v) is 2.25. The van der Waals surface area contributed by atoms with Crippen molar-refractivity contribution in [2.75, 3.05) is 31.3 Å². The van der Waals surface area contributed by atoms with E-state index in [0.29, 0.717) is 23.2 Å². The average Bonchev–Trinajstić information content (AvgIpc) is 2.64. The summed E-state index contributed by atoms with van der Waals surface area (Å²) >= 11 is 1.27. The predicted molar refractivity (Wildman–Crippen MR) is 74.1 cm³/mol. The van der Waals surface area contributed by atoms with Gasteiger partial charge in [-0.05, 0) is 20.3 Å². The number of nitrogens with one attached hydrogen (secondary N) is 2. The van der Waals surface area contributed by atoms with E-state index in [2.05, 4.69) is 15.6 Å². The number of nitrogens with zero attached hydrogens (tertiary/aromatic N) is 1. The zero-order chi connectivity index (χ0) is 13.5. The Morgan fingerprint density at radius 3 is 2.89 bits per heavy atom. The van der Waals surface area contributed by atoms with Crippen molar-refractivity contribution in [3.63, 3.8) is 0 Å². The molecule has 4 N–H and O–H groups in total. The van der Waals surface area contributed by atoms with Crippen LogP contribution < -0.4 is 16.4 Å². The molecule has 0 aromatic carbocycles. The van der Waals surface area contributed by atoms with Crippen molar-refractivity contribution in [3.8, 4) is 0 Å². The summed E-state index contributed by atoms with van der Waals surface area (Å²) in [4.78, 5) is 16.4. The van der Waals surface area contributed by atoms with Gasteiger partial charge in [-0.1, -0.05) is 11.3 Å². The Kier molecular flexibility index (Phi) is 5.87. The summed E-state index contributed by atoms with van der Waals surface area (Å²) in [6.45, 7) is 5.19. The van der Waals surface area contributed by atoms with Gasteiger partial charge in [0.25, 0.3) is 5.91 Å². The molecule has 1 heterocycles. The van der Waals surface area contributed by atoms with E-state index in [4.69, 9.17) is 10.5 Å². The molecule has 0 fully saturated rings. The van der Waals surface area contributed by atoms with E-state index >= 15 is 0 Å². The van der Waals surface area contributed by atoms with E-state index in [1.165, 1.54) is 11.3 Å². The first-order valence-electron chi connectivity index (χ1n) is 5.84. The number of hydrogen-bond donors (Lipinski definition) is 3. The van der Waals surface area contributed by atoms with Gasteiger partial charge in [0, 0.05) is 26.3 Å². The van der Waals surface area contributed by atoms with E-state index in [1.807, 2.05) is 13.8 Å². The summed E-state index contributed by atoms with van der Waals surface area (Å²) in [5.74, 6) is 0.0882. The van der Waals surface area contributed by atoms with Crippen LogP contribution in [0.3, 0.4) is 0 Å². The molecule has 1 amide bonds. The van der Waals surface area contributed by atoms with Gasteiger partial charge in [0.05, 0.1) is 0 Å². The van der Waals surface area contributed by atoms with Crippen molar-refractivity contribution in [2.45, 2.75) is 26.3 Å². The lowest BCUT2D eigenvalue weighted by Gasteiger charge is -2.04. The molecule has 1 aromatic heterocycles. The molecule has 1 rings (SSSR count). The Morgan fingerprint density at radius 2 is 2.28 bits per heavy atom. The molecular weight excluding hydrogens is 252 g/mol. The van der Waals surface area contributed by atoms with Gasteiger partial charge in [-0.15, -0.1) is 0 Å². The number of rotatable bonds is 7. The minimum absolute atomic E-state index is 0.182. The normalized spacial score (nSPS) is 10.7. The monoisotopic (exact) mass is 272 g/mol. The molecule has 0 spiro atoms. The minimum atomic E-state index is -0.182. The van der Waals surface area contributed by atoms with Gasteiger partial charge in [0.2, 0.25) is 0 Å². The zero-order valence-electron chi connectivity index (χ0n) is 10.9. The third-order valence-corrected chi connectivity index (χ3v) is 3.08. The minimum Gasteiger partial charge on any atom is -0.385 e. The highest BCUT2D eigenvalue weighted by Crippen LogP contribution is 2.25. The molecule has 0 unspecified atom stereocenters. The first-order chi connectivity index (χ1) is 8.54. The van der Waals surface area contributed by atoms with Crippen LogP contribution in [0.4, 0.5) is 10.9 Å². The highest BCUT2D eigenvalue weighted by Gasteiger charge is 2.15. The van der Waals surface area contributed by atoms with Crippen molar-refractivity contribution in [1.82, 2.24) is 10.3 Å². The topological polar surface area (TPSA) is 89.3 Å². The molecule has 0 saturated carbocycles. The third-order valence-electron chi connectivity index (χ3n) is 2.08. The predicted octanol–water partition coefficient (Wildman–Crippen LogP) is 1.31. The number of methoxy groups -OCH3 is 1. The van der Waals surface area contributed by atoms with Crippen molar-refractivity contribution in [3.05, 3.63) is 4.88 Å². The number of carbonyl (C=O) groups is 1. The van der Waals surface area contributed by atoms with E-state index in [9.17, 15) is 4.79 Å². The number of nitrogen functional groups attached to an aromatic ring is 1. The van der Waals surface area contributed by atoms with Crippen LogP contribution in [0.25, 0.3) is 0 Å². The van der Waals surface area contributed by atoms with E-state index in [-0.39, 0.29) is 17.8 Å². The Labute approximate surface area is 111 Å². The molecule has 18 heavy (non-hydrogen) atoms. The van der Waals surface area contributed by atoms with Crippen molar-refractivity contribution in [2.24, 2.45) is 0 Å². The number of amides is 1. The molecule has 0 aliphatic carbocycles. The van der Waals surface area contributed by atoms with Crippen LogP contribution in [-0.4, -0.2) is 37.2 Å². The molecule has 6 nitrogen and oxygen atoms in total. The van der Waals surface area contributed by atoms with Crippen molar-refractivity contribution in [1.29, 1.82) is 0 Å². The van der Waals surface area contributed by atoms with Gasteiger partial charge in [-0.3, -0.25) is 4.79 Å². The smallest absolute Gasteiger partial charge is 0.265 e. The maximum atomic E-state index is 11.8. The number of ether oxygens (including phenoxy) is 1. The molecule has 102 valence electrons. The number of nitrogens with two attached hydrogens (primary N) is 1. The maximum absolute atomic E-state index is 11.8. The molecule has 7 heteroatoms. The summed E-state index contributed by atoms with van der Waals surface area (Å²) in [6.07, 6.45) is 0.776. The quantitative estimate of drug-likeness (QED) is 0.651. The number of anilines is 2. The lowest BCUT2D eigenvalue weighted by atomic mass is 10.4. The van der Waals surface area contributed by atoms with Crippen LogP contribution in [-0.2, 0) is 4.74 Å². The molecule has 0 saturated heterocycles. The van der Waals surface area contributed by atoms with Crippen LogP contribution in [0.15, 0.2) is 0 Å². The summed E-state index contributed by atoms with van der Waals surface area (Å²) in [6, 6.07) is 0.258. The summed E-state index contributed by atoms with van der Waals surface area (Å²) in [5.41, 5.74) is 5.72. The molecule has 0 radical (unpaired) electrons. The Bertz CT molecular complexity index is 392. The van der Waals surface area contributed by atoms with Crippen LogP contribution in [0.2, 0.25) is 0 Å². The number of aromatic nitrogens is 1. The number of hydrogen-bond acceptors (Lipinski definition) is 6. The van der Waals surface area contributed by atoms with Gasteiger partial charge in [0.15, 0.2) is 5.13 Å². The van der Waals surface area contributed by atoms with Crippen LogP contribution in [0.1, 0.15) is 29.9 Å².